The van der Waals surface area contributed by atoms with Crippen LogP contribution in [0.5, 0.6) is 5.75 Å². The summed E-state index contributed by atoms with van der Waals surface area (Å²) >= 11 is 6.48. The van der Waals surface area contributed by atoms with Crippen LogP contribution in [-0.4, -0.2) is 27.0 Å². The van der Waals surface area contributed by atoms with E-state index in [0.717, 1.165) is 16.5 Å². The van der Waals surface area contributed by atoms with Gasteiger partial charge in [-0.05, 0) is 55.8 Å². The number of hydrogen-bond acceptors (Lipinski definition) is 6. The Bertz CT molecular complexity index is 1360. The first kappa shape index (κ1) is 22.2. The van der Waals surface area contributed by atoms with Gasteiger partial charge >= 0.3 is 0 Å². The molecule has 0 aliphatic carbocycles. The van der Waals surface area contributed by atoms with Crippen LogP contribution in [-0.2, 0) is 4.79 Å². The Morgan fingerprint density at radius 1 is 1.30 bits per heavy atom. The molecule has 4 rings (SSSR count). The lowest BCUT2D eigenvalue weighted by atomic mass is 10.2. The number of nitrogens with zero attached hydrogens (tertiary/aromatic N) is 3. The average Bonchev–Trinajstić information content (AvgIpc) is 3.12. The summed E-state index contributed by atoms with van der Waals surface area (Å²) < 4.78 is 7.57. The van der Waals surface area contributed by atoms with Crippen LogP contribution in [0.4, 0.5) is 23.0 Å². The molecule has 0 aliphatic heterocycles. The van der Waals surface area contributed by atoms with E-state index in [9.17, 15) is 4.79 Å². The molecule has 8 nitrogen and oxygen atoms in total. The number of nitrogens with one attached hydrogen (secondary N) is 2. The number of halogens is 1. The number of hydrogen-bond donors (Lipinski definition) is 3. The Balaban J connectivity index is 1.73. The summed E-state index contributed by atoms with van der Waals surface area (Å²) in [6, 6.07) is 10.9. The van der Waals surface area contributed by atoms with E-state index in [1.54, 1.807) is 18.3 Å². The van der Waals surface area contributed by atoms with Crippen LogP contribution in [0.15, 0.2) is 61.4 Å². The van der Waals surface area contributed by atoms with Crippen LogP contribution in [0.3, 0.4) is 0 Å². The number of rotatable bonds is 7. The van der Waals surface area contributed by atoms with E-state index in [1.165, 1.54) is 6.08 Å². The highest BCUT2D eigenvalue weighted by Gasteiger charge is 2.15. The van der Waals surface area contributed by atoms with E-state index >= 15 is 0 Å². The zero-order chi connectivity index (χ0) is 23.5. The number of benzene rings is 2. The van der Waals surface area contributed by atoms with Crippen molar-refractivity contribution in [2.45, 2.75) is 13.8 Å². The number of aromatic nitrogens is 3. The lowest BCUT2D eigenvalue weighted by molar-refractivity contribution is -0.111. The molecule has 168 valence electrons. The van der Waals surface area contributed by atoms with E-state index in [2.05, 4.69) is 27.2 Å². The van der Waals surface area contributed by atoms with Crippen molar-refractivity contribution in [3.8, 4) is 11.6 Å². The van der Waals surface area contributed by atoms with Crippen molar-refractivity contribution in [3.05, 3.63) is 72.0 Å². The molecule has 2 heterocycles. The first-order chi connectivity index (χ1) is 15.9. The summed E-state index contributed by atoms with van der Waals surface area (Å²) in [7, 11) is 0. The van der Waals surface area contributed by atoms with Crippen molar-refractivity contribution in [2.24, 2.45) is 0 Å². The second-order valence-electron chi connectivity index (χ2n) is 7.29. The monoisotopic (exact) mass is 462 g/mol. The molecular formula is C24H23ClN6O2. The number of ether oxygens (including phenoxy) is 1. The van der Waals surface area contributed by atoms with Gasteiger partial charge in [-0.25, -0.2) is 4.98 Å². The van der Waals surface area contributed by atoms with Crippen molar-refractivity contribution in [1.29, 1.82) is 0 Å². The Kier molecular flexibility index (Phi) is 6.19. The molecule has 1 amide bonds. The Labute approximate surface area is 196 Å². The van der Waals surface area contributed by atoms with E-state index in [0.29, 0.717) is 46.2 Å². The lowest BCUT2D eigenvalue weighted by Crippen LogP contribution is -2.07. The highest BCUT2D eigenvalue weighted by Crippen LogP contribution is 2.32. The number of nitrogens with two attached hydrogens (primary N) is 1. The number of carbonyl (C=O) groups excluding carboxylic acids is 1. The molecule has 0 atom stereocenters. The van der Waals surface area contributed by atoms with Crippen LogP contribution in [0.25, 0.3) is 16.7 Å². The van der Waals surface area contributed by atoms with E-state index in [1.807, 2.05) is 48.9 Å². The quantitative estimate of drug-likeness (QED) is 0.256. The number of aryl methyl sites for hydroxylation is 1. The van der Waals surface area contributed by atoms with Crippen molar-refractivity contribution in [1.82, 2.24) is 14.5 Å². The number of nitrogen functional groups attached to an aromatic ring is 1. The maximum atomic E-state index is 11.7. The van der Waals surface area contributed by atoms with Crippen molar-refractivity contribution < 1.29 is 9.53 Å². The average molecular weight is 463 g/mol. The summed E-state index contributed by atoms with van der Waals surface area (Å²) in [6.07, 6.45) is 4.72. The van der Waals surface area contributed by atoms with E-state index in [4.69, 9.17) is 22.1 Å². The summed E-state index contributed by atoms with van der Waals surface area (Å²) in [5, 5.41) is 7.31. The molecule has 0 radical (unpaired) electrons. The van der Waals surface area contributed by atoms with Gasteiger partial charge in [-0.2, -0.15) is 4.98 Å². The van der Waals surface area contributed by atoms with E-state index in [-0.39, 0.29) is 5.91 Å². The van der Waals surface area contributed by atoms with Gasteiger partial charge in [0.05, 0.1) is 24.0 Å². The van der Waals surface area contributed by atoms with Gasteiger partial charge in [0.25, 0.3) is 0 Å². The Morgan fingerprint density at radius 3 is 2.88 bits per heavy atom. The molecule has 4 aromatic rings. The lowest BCUT2D eigenvalue weighted by Gasteiger charge is -2.13. The maximum absolute atomic E-state index is 11.7. The molecule has 0 aliphatic rings. The molecule has 0 unspecified atom stereocenters. The van der Waals surface area contributed by atoms with Gasteiger partial charge < -0.3 is 21.1 Å². The third-order valence-corrected chi connectivity index (χ3v) is 5.23. The molecule has 4 N–H and O–H groups in total. The van der Waals surface area contributed by atoms with Crippen molar-refractivity contribution in [3.63, 3.8) is 0 Å². The molecule has 2 aromatic heterocycles. The minimum atomic E-state index is -0.268. The second-order valence-corrected chi connectivity index (χ2v) is 7.69. The van der Waals surface area contributed by atoms with Gasteiger partial charge in [-0.1, -0.05) is 18.2 Å². The number of carbonyl (C=O) groups is 1. The van der Waals surface area contributed by atoms with Gasteiger partial charge in [0.15, 0.2) is 5.82 Å². The van der Waals surface area contributed by atoms with Crippen molar-refractivity contribution >= 4 is 51.4 Å². The normalized spacial score (nSPS) is 10.8. The SMILES string of the molecule is C=CC(=O)Nc1ccc2c(c1)c(C)cn2-c1nc(Nc2ccc(N)cc2OCC)ncc1Cl. The molecule has 0 bridgehead atoms. The van der Waals surface area contributed by atoms with Crippen LogP contribution < -0.4 is 21.1 Å². The molecule has 0 saturated carbocycles. The van der Waals surface area contributed by atoms with Crippen LogP contribution in [0.1, 0.15) is 12.5 Å². The first-order valence-electron chi connectivity index (χ1n) is 10.3. The third kappa shape index (κ3) is 4.61. The smallest absolute Gasteiger partial charge is 0.247 e. The highest BCUT2D eigenvalue weighted by molar-refractivity contribution is 6.32. The van der Waals surface area contributed by atoms with Gasteiger partial charge in [-0.15, -0.1) is 0 Å². The second kappa shape index (κ2) is 9.22. The molecule has 0 fully saturated rings. The largest absolute Gasteiger partial charge is 0.492 e. The van der Waals surface area contributed by atoms with Crippen LogP contribution in [0, 0.1) is 6.92 Å². The summed E-state index contributed by atoms with van der Waals surface area (Å²) in [5.41, 5.74) is 9.74. The molecule has 2 aromatic carbocycles. The fourth-order valence-electron chi connectivity index (χ4n) is 3.47. The molecule has 0 saturated heterocycles. The topological polar surface area (TPSA) is 107 Å². The predicted molar refractivity (Wildman–Crippen MR) is 133 cm³/mol. The van der Waals surface area contributed by atoms with Crippen LogP contribution in [0.2, 0.25) is 5.02 Å². The Hall–Kier alpha value is -4.04. The standard InChI is InChI=1S/C24H23ClN6O2/c1-4-22(32)28-16-7-9-20-17(11-16)14(3)13-31(20)23-18(25)12-27-24(30-23)29-19-8-6-15(26)10-21(19)33-5-2/h4,6-13H,1,5,26H2,2-3H3,(H,28,32)(H,27,29,30). The first-order valence-corrected chi connectivity index (χ1v) is 10.6. The minimum absolute atomic E-state index is 0.268. The summed E-state index contributed by atoms with van der Waals surface area (Å²) in [4.78, 5) is 20.6. The molecular weight excluding hydrogens is 440 g/mol. The van der Waals surface area contributed by atoms with Crippen molar-refractivity contribution in [2.75, 3.05) is 23.0 Å². The van der Waals surface area contributed by atoms with Gasteiger partial charge in [0.1, 0.15) is 10.8 Å². The fraction of sp³-hybridized carbons (Fsp3) is 0.125. The number of fused-ring (bicyclic) bond motifs is 1. The van der Waals surface area contributed by atoms with Crippen LogP contribution >= 0.6 is 11.6 Å². The minimum Gasteiger partial charge on any atom is -0.492 e. The predicted octanol–water partition coefficient (Wildman–Crippen LogP) is 5.23. The number of anilines is 4. The summed E-state index contributed by atoms with van der Waals surface area (Å²) in [5.74, 6) is 1.21. The van der Waals surface area contributed by atoms with Gasteiger partial charge in [0, 0.05) is 29.0 Å². The molecule has 33 heavy (non-hydrogen) atoms. The number of amides is 1. The zero-order valence-electron chi connectivity index (χ0n) is 18.2. The zero-order valence-corrected chi connectivity index (χ0v) is 19.0. The third-order valence-electron chi connectivity index (χ3n) is 4.96. The summed E-state index contributed by atoms with van der Waals surface area (Å²) in [6.45, 7) is 7.86. The van der Waals surface area contributed by atoms with Gasteiger partial charge in [-0.3, -0.25) is 9.36 Å². The van der Waals surface area contributed by atoms with E-state index < -0.39 is 0 Å². The maximum Gasteiger partial charge on any atom is 0.247 e. The van der Waals surface area contributed by atoms with Gasteiger partial charge in [0.2, 0.25) is 11.9 Å². The molecule has 9 heteroatoms. The fourth-order valence-corrected chi connectivity index (χ4v) is 3.65. The molecule has 0 spiro atoms. The highest BCUT2D eigenvalue weighted by atomic mass is 35.5. The Morgan fingerprint density at radius 2 is 2.12 bits per heavy atom.